The minimum atomic E-state index is -4.05. The first-order valence-electron chi connectivity index (χ1n) is 3.75. The fraction of sp³-hybridized carbons (Fsp3) is 1.00. The van der Waals surface area contributed by atoms with Gasteiger partial charge in [-0.05, 0) is 12.8 Å². The largest absolute Gasteiger partial charge is 0.392 e. The van der Waals surface area contributed by atoms with Crippen molar-refractivity contribution < 1.29 is 19.5 Å². The van der Waals surface area contributed by atoms with E-state index < -0.39 is 19.4 Å². The molecule has 0 saturated heterocycles. The van der Waals surface area contributed by atoms with E-state index >= 15 is 0 Å². The molecule has 0 amide bonds. The lowest BCUT2D eigenvalue weighted by Gasteiger charge is -2.27. The molecule has 0 heterocycles. The standard InChI is InChI=1S/C6H13O4P/c7-5-3-1-2-4-6(5)11(8,9)10/h5-7H,1-4H2,(H2,8,9,10)/t5-,6+/m0/s1. The van der Waals surface area contributed by atoms with Crippen molar-refractivity contribution in [3.8, 4) is 0 Å². The van der Waals surface area contributed by atoms with Crippen LogP contribution in [0.25, 0.3) is 0 Å². The molecule has 0 aromatic carbocycles. The van der Waals surface area contributed by atoms with Gasteiger partial charge in [0.15, 0.2) is 0 Å². The van der Waals surface area contributed by atoms with Crippen LogP contribution in [0.3, 0.4) is 0 Å². The molecule has 0 spiro atoms. The molecule has 1 aliphatic carbocycles. The maximum atomic E-state index is 10.7. The summed E-state index contributed by atoms with van der Waals surface area (Å²) >= 11 is 0. The molecule has 11 heavy (non-hydrogen) atoms. The molecule has 0 radical (unpaired) electrons. The minimum Gasteiger partial charge on any atom is -0.392 e. The third-order valence-electron chi connectivity index (χ3n) is 2.13. The number of aliphatic hydroxyl groups is 1. The first kappa shape index (κ1) is 9.20. The maximum Gasteiger partial charge on any atom is 0.331 e. The van der Waals surface area contributed by atoms with Gasteiger partial charge in [0, 0.05) is 0 Å². The summed E-state index contributed by atoms with van der Waals surface area (Å²) in [5, 5.41) is 9.21. The Kier molecular flexibility index (Phi) is 2.70. The summed E-state index contributed by atoms with van der Waals surface area (Å²) < 4.78 is 10.7. The lowest BCUT2D eigenvalue weighted by atomic mass is 9.97. The molecular formula is C6H13O4P. The van der Waals surface area contributed by atoms with E-state index in [1.54, 1.807) is 0 Å². The average Bonchev–Trinajstić information content (AvgIpc) is 1.86. The number of rotatable bonds is 1. The second-order valence-electron chi connectivity index (χ2n) is 3.01. The monoisotopic (exact) mass is 180 g/mol. The zero-order valence-corrected chi connectivity index (χ0v) is 7.07. The lowest BCUT2D eigenvalue weighted by Crippen LogP contribution is -2.29. The second-order valence-corrected chi connectivity index (χ2v) is 4.85. The van der Waals surface area contributed by atoms with Gasteiger partial charge in [0.25, 0.3) is 0 Å². The topological polar surface area (TPSA) is 77.8 Å². The molecule has 0 aromatic heterocycles. The number of aliphatic hydroxyl groups excluding tert-OH is 1. The summed E-state index contributed by atoms with van der Waals surface area (Å²) in [6.07, 6.45) is 1.86. The Morgan fingerprint density at radius 2 is 1.73 bits per heavy atom. The molecule has 1 aliphatic rings. The fourth-order valence-electron chi connectivity index (χ4n) is 1.48. The molecule has 3 N–H and O–H groups in total. The van der Waals surface area contributed by atoms with Gasteiger partial charge in [-0.25, -0.2) is 0 Å². The maximum absolute atomic E-state index is 10.7. The molecule has 2 atom stereocenters. The van der Waals surface area contributed by atoms with Gasteiger partial charge in [0.1, 0.15) is 0 Å². The molecular weight excluding hydrogens is 167 g/mol. The highest BCUT2D eigenvalue weighted by molar-refractivity contribution is 7.52. The van der Waals surface area contributed by atoms with Crippen LogP contribution in [0.4, 0.5) is 0 Å². The molecule has 4 nitrogen and oxygen atoms in total. The van der Waals surface area contributed by atoms with E-state index in [0.29, 0.717) is 12.8 Å². The molecule has 0 aliphatic heterocycles. The highest BCUT2D eigenvalue weighted by Gasteiger charge is 2.36. The zero-order chi connectivity index (χ0) is 8.48. The van der Waals surface area contributed by atoms with E-state index in [1.807, 2.05) is 0 Å². The Hall–Kier alpha value is 0.110. The van der Waals surface area contributed by atoms with E-state index in [4.69, 9.17) is 9.79 Å². The van der Waals surface area contributed by atoms with Gasteiger partial charge in [-0.2, -0.15) is 0 Å². The SMILES string of the molecule is O=P(O)(O)[C@@H]1CCCC[C@@H]1O. The lowest BCUT2D eigenvalue weighted by molar-refractivity contribution is 0.122. The summed E-state index contributed by atoms with van der Waals surface area (Å²) in [7, 11) is -4.05. The Morgan fingerprint density at radius 1 is 1.18 bits per heavy atom. The first-order valence-corrected chi connectivity index (χ1v) is 5.43. The van der Waals surface area contributed by atoms with Crippen molar-refractivity contribution in [1.82, 2.24) is 0 Å². The smallest absolute Gasteiger partial charge is 0.331 e. The van der Waals surface area contributed by atoms with Gasteiger partial charge in [0.2, 0.25) is 0 Å². The highest BCUT2D eigenvalue weighted by atomic mass is 31.2. The molecule has 1 rings (SSSR count). The van der Waals surface area contributed by atoms with Crippen LogP contribution in [0.15, 0.2) is 0 Å². The first-order chi connectivity index (χ1) is 5.02. The number of hydrogen-bond donors (Lipinski definition) is 3. The van der Waals surface area contributed by atoms with Crippen molar-refractivity contribution in [2.24, 2.45) is 0 Å². The summed E-state index contributed by atoms with van der Waals surface area (Å²) in [5.74, 6) is 0. The molecule has 5 heteroatoms. The Labute approximate surface area is 65.4 Å². The van der Waals surface area contributed by atoms with Gasteiger partial charge < -0.3 is 14.9 Å². The van der Waals surface area contributed by atoms with Crippen molar-refractivity contribution in [2.75, 3.05) is 0 Å². The van der Waals surface area contributed by atoms with Crippen LogP contribution in [-0.2, 0) is 4.57 Å². The Bertz CT molecular complexity index is 175. The van der Waals surface area contributed by atoms with E-state index in [-0.39, 0.29) is 0 Å². The van der Waals surface area contributed by atoms with Crippen LogP contribution in [0, 0.1) is 0 Å². The van der Waals surface area contributed by atoms with Crippen molar-refractivity contribution in [3.63, 3.8) is 0 Å². The Morgan fingerprint density at radius 3 is 2.09 bits per heavy atom. The predicted molar refractivity (Wildman–Crippen MR) is 40.3 cm³/mol. The van der Waals surface area contributed by atoms with Crippen LogP contribution < -0.4 is 0 Å². The quantitative estimate of drug-likeness (QED) is 0.512. The summed E-state index contributed by atoms with van der Waals surface area (Å²) in [6.45, 7) is 0. The van der Waals surface area contributed by atoms with Crippen LogP contribution in [-0.4, -0.2) is 26.7 Å². The van der Waals surface area contributed by atoms with Gasteiger partial charge in [0.05, 0.1) is 11.8 Å². The van der Waals surface area contributed by atoms with Crippen LogP contribution in [0.5, 0.6) is 0 Å². The highest BCUT2D eigenvalue weighted by Crippen LogP contribution is 2.47. The van der Waals surface area contributed by atoms with Crippen LogP contribution in [0.2, 0.25) is 0 Å². The molecule has 1 saturated carbocycles. The van der Waals surface area contributed by atoms with Gasteiger partial charge in [-0.1, -0.05) is 12.8 Å². The predicted octanol–water partition coefficient (Wildman–Crippen LogP) is 0.468. The van der Waals surface area contributed by atoms with Crippen molar-refractivity contribution in [2.45, 2.75) is 37.4 Å². The number of hydrogen-bond acceptors (Lipinski definition) is 2. The molecule has 0 bridgehead atoms. The summed E-state index contributed by atoms with van der Waals surface area (Å²) in [4.78, 5) is 17.5. The van der Waals surface area contributed by atoms with Crippen molar-refractivity contribution in [3.05, 3.63) is 0 Å². The minimum absolute atomic E-state index is 0.450. The van der Waals surface area contributed by atoms with Crippen LogP contribution in [0.1, 0.15) is 25.7 Å². The van der Waals surface area contributed by atoms with E-state index in [9.17, 15) is 9.67 Å². The van der Waals surface area contributed by atoms with Crippen molar-refractivity contribution >= 4 is 7.60 Å². The second kappa shape index (κ2) is 3.23. The molecule has 1 fully saturated rings. The average molecular weight is 180 g/mol. The Balaban J connectivity index is 2.62. The normalized spacial score (nSPS) is 33.7. The molecule has 0 unspecified atom stereocenters. The third kappa shape index (κ3) is 2.27. The third-order valence-corrected chi connectivity index (χ3v) is 3.59. The van der Waals surface area contributed by atoms with Gasteiger partial charge >= 0.3 is 7.60 Å². The molecule has 66 valence electrons. The fourth-order valence-corrected chi connectivity index (χ4v) is 2.60. The summed E-state index contributed by atoms with van der Waals surface area (Å²) in [6, 6.07) is 0. The van der Waals surface area contributed by atoms with E-state index in [0.717, 1.165) is 12.8 Å². The summed E-state index contributed by atoms with van der Waals surface area (Å²) in [5.41, 5.74) is -0.809. The van der Waals surface area contributed by atoms with Gasteiger partial charge in [-0.3, -0.25) is 4.57 Å². The van der Waals surface area contributed by atoms with Gasteiger partial charge in [-0.15, -0.1) is 0 Å². The molecule has 0 aromatic rings. The van der Waals surface area contributed by atoms with Crippen molar-refractivity contribution in [1.29, 1.82) is 0 Å². The van der Waals surface area contributed by atoms with Crippen LogP contribution >= 0.6 is 7.60 Å². The van der Waals surface area contributed by atoms with E-state index in [1.165, 1.54) is 0 Å². The van der Waals surface area contributed by atoms with E-state index in [2.05, 4.69) is 0 Å². The zero-order valence-electron chi connectivity index (χ0n) is 6.18.